The van der Waals surface area contributed by atoms with Gasteiger partial charge in [0.15, 0.2) is 0 Å². The molecule has 0 heterocycles. The first-order valence-electron chi connectivity index (χ1n) is 5.60. The van der Waals surface area contributed by atoms with E-state index in [1.54, 1.807) is 7.05 Å². The average molecular weight is 204 g/mol. The van der Waals surface area contributed by atoms with Crippen LogP contribution in [-0.2, 0) is 0 Å². The van der Waals surface area contributed by atoms with E-state index in [-0.39, 0.29) is 0 Å². The summed E-state index contributed by atoms with van der Waals surface area (Å²) in [7, 11) is 3.63. The molecule has 0 atom stereocenters. The van der Waals surface area contributed by atoms with E-state index in [1.165, 1.54) is 18.4 Å². The van der Waals surface area contributed by atoms with Crippen molar-refractivity contribution in [1.82, 2.24) is 0 Å². The number of hydrogen-bond donors (Lipinski definition) is 0. The average Bonchev–Trinajstić information content (AvgIpc) is 2.30. The molecule has 0 aromatic carbocycles. The van der Waals surface area contributed by atoms with Gasteiger partial charge in [-0.15, -0.1) is 0 Å². The van der Waals surface area contributed by atoms with Crippen LogP contribution in [0.2, 0.25) is 0 Å². The third kappa shape index (κ3) is 2.65. The van der Waals surface area contributed by atoms with Crippen LogP contribution in [-0.4, -0.2) is 25.5 Å². The van der Waals surface area contributed by atoms with Gasteiger partial charge in [0.05, 0.1) is 11.4 Å². The Labute approximate surface area is 92.5 Å². The van der Waals surface area contributed by atoms with Crippen molar-refractivity contribution in [2.24, 2.45) is 15.9 Å². The van der Waals surface area contributed by atoms with Gasteiger partial charge in [-0.3, -0.25) is 9.98 Å². The number of allylic oxidation sites excluding steroid dienone is 4. The molecule has 0 radical (unpaired) electrons. The van der Waals surface area contributed by atoms with Gasteiger partial charge in [-0.2, -0.15) is 0 Å². The molecule has 0 fully saturated rings. The normalized spacial score (nSPS) is 21.5. The van der Waals surface area contributed by atoms with Crippen LogP contribution in [0, 0.1) is 5.92 Å². The number of nitrogens with zero attached hydrogens (tertiary/aromatic N) is 2. The summed E-state index contributed by atoms with van der Waals surface area (Å²) >= 11 is 0. The molecule has 0 aliphatic heterocycles. The zero-order chi connectivity index (χ0) is 11.3. The summed E-state index contributed by atoms with van der Waals surface area (Å²) in [6.45, 7) is 4.46. The summed E-state index contributed by atoms with van der Waals surface area (Å²) < 4.78 is 0. The smallest absolute Gasteiger partial charge is 0.0825 e. The standard InChI is InChI=1S/C13H20N2/c1-5-10(6-2)11-7-8-12(14-3)13(9-11)15-4/h7-10H,5-6H2,1-4H3. The monoisotopic (exact) mass is 204 g/mol. The zero-order valence-electron chi connectivity index (χ0n) is 10.1. The molecule has 0 bridgehead atoms. The van der Waals surface area contributed by atoms with Crippen LogP contribution >= 0.6 is 0 Å². The van der Waals surface area contributed by atoms with Crippen LogP contribution in [0.15, 0.2) is 33.8 Å². The molecule has 1 rings (SSSR count). The van der Waals surface area contributed by atoms with Gasteiger partial charge in [0, 0.05) is 14.1 Å². The fourth-order valence-corrected chi connectivity index (χ4v) is 1.92. The van der Waals surface area contributed by atoms with Crippen molar-refractivity contribution in [3.8, 4) is 0 Å². The Morgan fingerprint density at radius 2 is 1.60 bits per heavy atom. The van der Waals surface area contributed by atoms with Gasteiger partial charge in [0.1, 0.15) is 0 Å². The van der Waals surface area contributed by atoms with Crippen molar-refractivity contribution < 1.29 is 0 Å². The lowest BCUT2D eigenvalue weighted by molar-refractivity contribution is 0.584. The lowest BCUT2D eigenvalue weighted by Crippen LogP contribution is -2.15. The molecule has 0 N–H and O–H groups in total. The summed E-state index contributed by atoms with van der Waals surface area (Å²) in [5.41, 5.74) is 3.36. The maximum Gasteiger partial charge on any atom is 0.0825 e. The minimum atomic E-state index is 0.649. The van der Waals surface area contributed by atoms with Crippen LogP contribution in [0.25, 0.3) is 0 Å². The summed E-state index contributed by atoms with van der Waals surface area (Å²) in [5.74, 6) is 0.649. The zero-order valence-corrected chi connectivity index (χ0v) is 10.1. The Hall–Kier alpha value is -1.18. The lowest BCUT2D eigenvalue weighted by atomic mass is 9.89. The second-order valence-electron chi connectivity index (χ2n) is 3.71. The van der Waals surface area contributed by atoms with E-state index < -0.39 is 0 Å². The van der Waals surface area contributed by atoms with Crippen LogP contribution in [0.1, 0.15) is 26.7 Å². The topological polar surface area (TPSA) is 24.7 Å². The number of rotatable bonds is 3. The van der Waals surface area contributed by atoms with Gasteiger partial charge in [-0.25, -0.2) is 0 Å². The van der Waals surface area contributed by atoms with Crippen LogP contribution in [0.3, 0.4) is 0 Å². The van der Waals surface area contributed by atoms with E-state index in [9.17, 15) is 0 Å². The molecular weight excluding hydrogens is 184 g/mol. The predicted molar refractivity (Wildman–Crippen MR) is 68.0 cm³/mol. The molecule has 0 saturated carbocycles. The van der Waals surface area contributed by atoms with Crippen molar-refractivity contribution >= 4 is 11.4 Å². The van der Waals surface area contributed by atoms with Crippen LogP contribution in [0.4, 0.5) is 0 Å². The second kappa shape index (κ2) is 5.64. The Morgan fingerprint density at radius 3 is 2.07 bits per heavy atom. The van der Waals surface area contributed by atoms with E-state index >= 15 is 0 Å². The van der Waals surface area contributed by atoms with Gasteiger partial charge >= 0.3 is 0 Å². The fraction of sp³-hybridized carbons (Fsp3) is 0.538. The van der Waals surface area contributed by atoms with Gasteiger partial charge in [0.25, 0.3) is 0 Å². The molecule has 1 aliphatic rings. The van der Waals surface area contributed by atoms with Gasteiger partial charge in [-0.05, 0) is 36.5 Å². The number of hydrogen-bond acceptors (Lipinski definition) is 2. The molecule has 15 heavy (non-hydrogen) atoms. The summed E-state index contributed by atoms with van der Waals surface area (Å²) in [5, 5.41) is 0. The highest BCUT2D eigenvalue weighted by Gasteiger charge is 2.14. The van der Waals surface area contributed by atoms with Gasteiger partial charge < -0.3 is 0 Å². The van der Waals surface area contributed by atoms with Crippen molar-refractivity contribution in [3.05, 3.63) is 23.8 Å². The first kappa shape index (κ1) is 11.9. The molecule has 0 aromatic rings. The van der Waals surface area contributed by atoms with Gasteiger partial charge in [0.2, 0.25) is 0 Å². The Morgan fingerprint density at radius 1 is 1.00 bits per heavy atom. The minimum absolute atomic E-state index is 0.649. The van der Waals surface area contributed by atoms with Crippen molar-refractivity contribution in [3.63, 3.8) is 0 Å². The van der Waals surface area contributed by atoms with E-state index in [0.717, 1.165) is 11.4 Å². The predicted octanol–water partition coefficient (Wildman–Crippen LogP) is 3.06. The van der Waals surface area contributed by atoms with Crippen molar-refractivity contribution in [2.75, 3.05) is 14.1 Å². The third-order valence-electron chi connectivity index (χ3n) is 2.94. The number of aliphatic imine (C=N–C) groups is 2. The van der Waals surface area contributed by atoms with Gasteiger partial charge in [-0.1, -0.05) is 19.9 Å². The molecule has 2 nitrogen and oxygen atoms in total. The van der Waals surface area contributed by atoms with Crippen molar-refractivity contribution in [2.45, 2.75) is 26.7 Å². The summed E-state index contributed by atoms with van der Waals surface area (Å²) in [4.78, 5) is 8.46. The highest BCUT2D eigenvalue weighted by Crippen LogP contribution is 2.22. The first-order chi connectivity index (χ1) is 7.26. The Bertz CT molecular complexity index is 328. The summed E-state index contributed by atoms with van der Waals surface area (Å²) in [6.07, 6.45) is 8.77. The highest BCUT2D eigenvalue weighted by molar-refractivity contribution is 6.51. The van der Waals surface area contributed by atoms with Crippen LogP contribution in [0.5, 0.6) is 0 Å². The van der Waals surface area contributed by atoms with Crippen LogP contribution < -0.4 is 0 Å². The first-order valence-corrected chi connectivity index (χ1v) is 5.60. The maximum atomic E-state index is 4.26. The summed E-state index contributed by atoms with van der Waals surface area (Å²) in [6, 6.07) is 0. The molecule has 0 spiro atoms. The van der Waals surface area contributed by atoms with E-state index in [1.807, 2.05) is 7.05 Å². The second-order valence-corrected chi connectivity index (χ2v) is 3.71. The molecule has 1 aliphatic carbocycles. The van der Waals surface area contributed by atoms with E-state index in [4.69, 9.17) is 0 Å². The molecule has 0 amide bonds. The van der Waals surface area contributed by atoms with E-state index in [2.05, 4.69) is 42.1 Å². The molecule has 82 valence electrons. The molecular formula is C13H20N2. The minimum Gasteiger partial charge on any atom is -0.286 e. The fourth-order valence-electron chi connectivity index (χ4n) is 1.92. The third-order valence-corrected chi connectivity index (χ3v) is 2.94. The molecule has 0 saturated heterocycles. The van der Waals surface area contributed by atoms with Crippen molar-refractivity contribution in [1.29, 1.82) is 0 Å². The lowest BCUT2D eigenvalue weighted by Gasteiger charge is -2.17. The SMILES string of the molecule is CCC(CC)C1=CC(=NC)C(=NC)C=C1. The molecule has 2 heteroatoms. The maximum absolute atomic E-state index is 4.26. The highest BCUT2D eigenvalue weighted by atomic mass is 14.8. The molecule has 0 unspecified atom stereocenters. The largest absolute Gasteiger partial charge is 0.286 e. The Kier molecular flexibility index (Phi) is 4.47. The van der Waals surface area contributed by atoms with E-state index in [0.29, 0.717) is 5.92 Å². The Balaban J connectivity index is 2.97. The molecule has 0 aromatic heterocycles. The quantitative estimate of drug-likeness (QED) is 0.631.